The van der Waals surface area contributed by atoms with Crippen LogP contribution in [0.5, 0.6) is 0 Å². The van der Waals surface area contributed by atoms with Crippen LogP contribution in [-0.2, 0) is 11.2 Å². The molecule has 0 aliphatic carbocycles. The van der Waals surface area contributed by atoms with Crippen molar-refractivity contribution in [1.29, 1.82) is 5.26 Å². The van der Waals surface area contributed by atoms with Gasteiger partial charge in [0.15, 0.2) is 0 Å². The monoisotopic (exact) mass is 519 g/mol. The lowest BCUT2D eigenvalue weighted by atomic mass is 9.96. The van der Waals surface area contributed by atoms with E-state index in [1.807, 2.05) is 31.2 Å². The lowest BCUT2D eigenvalue weighted by Gasteiger charge is -2.29. The van der Waals surface area contributed by atoms with Gasteiger partial charge in [-0.2, -0.15) is 5.26 Å². The van der Waals surface area contributed by atoms with Crippen LogP contribution in [0, 0.1) is 24.2 Å². The molecule has 0 unspecified atom stereocenters. The average molecular weight is 520 g/mol. The molecular formula is C28H30ClN5O3. The molecule has 37 heavy (non-hydrogen) atoms. The van der Waals surface area contributed by atoms with Crippen molar-refractivity contribution in [3.05, 3.63) is 82.1 Å². The van der Waals surface area contributed by atoms with Crippen molar-refractivity contribution in [2.75, 3.05) is 19.6 Å². The van der Waals surface area contributed by atoms with E-state index in [0.29, 0.717) is 28.3 Å². The van der Waals surface area contributed by atoms with Crippen LogP contribution in [0.1, 0.15) is 40.1 Å². The first kappa shape index (κ1) is 26.4. The fourth-order valence-electron chi connectivity index (χ4n) is 4.50. The van der Waals surface area contributed by atoms with Gasteiger partial charge in [-0.15, -0.1) is 0 Å². The molecule has 0 saturated carbocycles. The molecular weight excluding hydrogens is 490 g/mol. The van der Waals surface area contributed by atoms with Crippen LogP contribution in [0.3, 0.4) is 0 Å². The van der Waals surface area contributed by atoms with Gasteiger partial charge in [0.05, 0.1) is 34.8 Å². The molecule has 0 bridgehead atoms. The Labute approximate surface area is 221 Å². The minimum absolute atomic E-state index is 0.128. The lowest BCUT2D eigenvalue weighted by Crippen LogP contribution is -2.52. The van der Waals surface area contributed by atoms with Gasteiger partial charge in [0.2, 0.25) is 5.91 Å². The average Bonchev–Trinajstić information content (AvgIpc) is 3.35. The van der Waals surface area contributed by atoms with E-state index in [9.17, 15) is 9.59 Å². The first-order valence-electron chi connectivity index (χ1n) is 12.3. The third-order valence-electron chi connectivity index (χ3n) is 6.52. The number of furan rings is 1. The van der Waals surface area contributed by atoms with Gasteiger partial charge in [0, 0.05) is 11.5 Å². The Morgan fingerprint density at radius 1 is 1.19 bits per heavy atom. The van der Waals surface area contributed by atoms with E-state index in [2.05, 4.69) is 16.7 Å². The number of benzene rings is 2. The molecule has 8 nitrogen and oxygen atoms in total. The summed E-state index contributed by atoms with van der Waals surface area (Å²) in [6.45, 7) is 3.53. The number of nitrogens with one attached hydrogen (secondary N) is 2. The van der Waals surface area contributed by atoms with Gasteiger partial charge < -0.3 is 15.1 Å². The highest BCUT2D eigenvalue weighted by Gasteiger charge is 2.27. The second kappa shape index (κ2) is 12.1. The topological polar surface area (TPSA) is 124 Å². The maximum absolute atomic E-state index is 13.4. The number of nitrogens with zero attached hydrogens (tertiary/aromatic N) is 2. The maximum Gasteiger partial charge on any atom is 0.253 e. The number of aryl methyl sites for hydroxylation is 1. The highest BCUT2D eigenvalue weighted by atomic mass is 35.5. The number of rotatable bonds is 8. The number of piperidine rings is 1. The van der Waals surface area contributed by atoms with Crippen LogP contribution in [0.15, 0.2) is 59.0 Å². The van der Waals surface area contributed by atoms with Gasteiger partial charge in [-0.05, 0) is 87.3 Å². The van der Waals surface area contributed by atoms with E-state index < -0.39 is 6.04 Å². The van der Waals surface area contributed by atoms with Crippen molar-refractivity contribution in [1.82, 2.24) is 15.6 Å². The van der Waals surface area contributed by atoms with Gasteiger partial charge in [-0.1, -0.05) is 23.7 Å². The number of hydrogen-bond donors (Lipinski definition) is 3. The molecule has 1 saturated heterocycles. The number of carbonyl (C=O) groups is 2. The number of nitrogens with two attached hydrogens (primary N) is 1. The Morgan fingerprint density at radius 3 is 2.57 bits per heavy atom. The molecule has 1 fully saturated rings. The molecule has 1 aliphatic heterocycles. The third kappa shape index (κ3) is 6.77. The minimum Gasteiger partial charge on any atom is -0.461 e. The summed E-state index contributed by atoms with van der Waals surface area (Å²) in [5.74, 6) is 6.98. The molecule has 1 aliphatic rings. The molecule has 0 radical (unpaired) electrons. The Bertz CT molecular complexity index is 1290. The van der Waals surface area contributed by atoms with E-state index in [0.717, 1.165) is 42.8 Å². The number of hydrogen-bond acceptors (Lipinski definition) is 6. The standard InChI is InChI=1S/C28H30ClN5O3/c1-18-2-9-26(37-18)22-7-8-25(29)24(15-22)27(35)33-23(14-19-3-5-20(16-30)6-4-19)17-34(31)28(36)21-10-12-32-13-11-21/h2-9,15,21,23,32H,10-14,17,31H2,1H3,(H,33,35)/t23-/m1/s1. The summed E-state index contributed by atoms with van der Waals surface area (Å²) in [5, 5.41) is 16.9. The normalized spacial score (nSPS) is 14.5. The molecule has 0 spiro atoms. The molecule has 1 aromatic heterocycles. The molecule has 2 aromatic carbocycles. The van der Waals surface area contributed by atoms with E-state index in [1.165, 1.54) is 5.01 Å². The van der Waals surface area contributed by atoms with E-state index in [-0.39, 0.29) is 24.3 Å². The molecule has 3 aromatic rings. The second-order valence-corrected chi connectivity index (χ2v) is 9.71. The van der Waals surface area contributed by atoms with Crippen molar-refractivity contribution in [3.8, 4) is 17.4 Å². The predicted molar refractivity (Wildman–Crippen MR) is 142 cm³/mol. The molecule has 1 atom stereocenters. The van der Waals surface area contributed by atoms with Crippen molar-refractivity contribution in [3.63, 3.8) is 0 Å². The van der Waals surface area contributed by atoms with Crippen LogP contribution < -0.4 is 16.5 Å². The zero-order chi connectivity index (χ0) is 26.4. The largest absolute Gasteiger partial charge is 0.461 e. The molecule has 2 amide bonds. The van der Waals surface area contributed by atoms with Crippen LogP contribution in [0.2, 0.25) is 5.02 Å². The van der Waals surface area contributed by atoms with Gasteiger partial charge in [0.25, 0.3) is 5.91 Å². The van der Waals surface area contributed by atoms with E-state index in [1.54, 1.807) is 30.3 Å². The Morgan fingerprint density at radius 2 is 1.92 bits per heavy atom. The summed E-state index contributed by atoms with van der Waals surface area (Å²) in [4.78, 5) is 26.4. The Hall–Kier alpha value is -3.64. The van der Waals surface area contributed by atoms with Crippen molar-refractivity contribution >= 4 is 23.4 Å². The van der Waals surface area contributed by atoms with Crippen LogP contribution >= 0.6 is 11.6 Å². The summed E-state index contributed by atoms with van der Waals surface area (Å²) >= 11 is 6.40. The number of amides is 2. The number of nitriles is 1. The summed E-state index contributed by atoms with van der Waals surface area (Å²) in [6.07, 6.45) is 1.88. The summed E-state index contributed by atoms with van der Waals surface area (Å²) in [5.41, 5.74) is 2.47. The van der Waals surface area contributed by atoms with Gasteiger partial charge >= 0.3 is 0 Å². The van der Waals surface area contributed by atoms with Gasteiger partial charge in [-0.3, -0.25) is 14.6 Å². The zero-order valence-corrected chi connectivity index (χ0v) is 21.4. The Balaban J connectivity index is 1.54. The lowest BCUT2D eigenvalue weighted by molar-refractivity contribution is -0.137. The minimum atomic E-state index is -0.485. The van der Waals surface area contributed by atoms with Crippen molar-refractivity contribution < 1.29 is 14.0 Å². The van der Waals surface area contributed by atoms with Crippen molar-refractivity contribution in [2.45, 2.75) is 32.2 Å². The zero-order valence-electron chi connectivity index (χ0n) is 20.7. The fraction of sp³-hybridized carbons (Fsp3) is 0.321. The third-order valence-corrected chi connectivity index (χ3v) is 6.85. The van der Waals surface area contributed by atoms with Crippen LogP contribution in [0.4, 0.5) is 0 Å². The second-order valence-electron chi connectivity index (χ2n) is 9.30. The van der Waals surface area contributed by atoms with Crippen LogP contribution in [0.25, 0.3) is 11.3 Å². The Kier molecular flexibility index (Phi) is 8.62. The molecule has 192 valence electrons. The first-order valence-corrected chi connectivity index (χ1v) is 12.6. The van der Waals surface area contributed by atoms with Crippen molar-refractivity contribution in [2.24, 2.45) is 11.8 Å². The summed E-state index contributed by atoms with van der Waals surface area (Å²) < 4.78 is 5.70. The summed E-state index contributed by atoms with van der Waals surface area (Å²) in [6, 6.07) is 17.6. The molecule has 9 heteroatoms. The maximum atomic E-state index is 13.4. The SMILES string of the molecule is Cc1ccc(-c2ccc(Cl)c(C(=O)N[C@H](Cc3ccc(C#N)cc3)CN(N)C(=O)C3CCNCC3)c2)o1. The van der Waals surface area contributed by atoms with Gasteiger partial charge in [0.1, 0.15) is 11.5 Å². The quantitative estimate of drug-likeness (QED) is 0.236. The summed E-state index contributed by atoms with van der Waals surface area (Å²) in [7, 11) is 0. The number of halogens is 1. The highest BCUT2D eigenvalue weighted by molar-refractivity contribution is 6.34. The first-order chi connectivity index (χ1) is 17.8. The molecule has 2 heterocycles. The fourth-order valence-corrected chi connectivity index (χ4v) is 4.70. The van der Waals surface area contributed by atoms with Crippen LogP contribution in [-0.4, -0.2) is 42.5 Å². The molecule has 4 N–H and O–H groups in total. The smallest absolute Gasteiger partial charge is 0.253 e. The highest BCUT2D eigenvalue weighted by Crippen LogP contribution is 2.27. The van der Waals surface area contributed by atoms with E-state index >= 15 is 0 Å². The number of hydrazine groups is 1. The van der Waals surface area contributed by atoms with E-state index in [4.69, 9.17) is 27.1 Å². The molecule has 4 rings (SSSR count). The van der Waals surface area contributed by atoms with Gasteiger partial charge in [-0.25, -0.2) is 5.84 Å². The number of carbonyl (C=O) groups excluding carboxylic acids is 2. The predicted octanol–water partition coefficient (Wildman–Crippen LogP) is 3.82.